The van der Waals surface area contributed by atoms with Crippen LogP contribution >= 0.6 is 11.6 Å². The van der Waals surface area contributed by atoms with Crippen LogP contribution in [0.15, 0.2) is 18.2 Å². The largest absolute Gasteiger partial charge is 4.00 e. The van der Waals surface area contributed by atoms with Crippen LogP contribution in [0, 0.1) is 5.82 Å². The number of hydrogen-bond donors (Lipinski definition) is 1. The van der Waals surface area contributed by atoms with Crippen molar-refractivity contribution in [1.82, 2.24) is 4.72 Å². The molecule has 1 aromatic rings. The van der Waals surface area contributed by atoms with Crippen molar-refractivity contribution in [3.8, 4) is 0 Å². The molecule has 1 atom stereocenters. The van der Waals surface area contributed by atoms with Gasteiger partial charge in [0.15, 0.2) is 0 Å². The Morgan fingerprint density at radius 2 is 1.31 bits per heavy atom. The zero-order valence-corrected chi connectivity index (χ0v) is 21.6. The van der Waals surface area contributed by atoms with Crippen LogP contribution in [0.5, 0.6) is 0 Å². The molecular weight excluding hydrogens is 457 g/mol. The Morgan fingerprint density at radius 3 is 1.59 bits per heavy atom. The van der Waals surface area contributed by atoms with E-state index >= 15 is 0 Å². The van der Waals surface area contributed by atoms with Gasteiger partial charge in [0.25, 0.3) is 0 Å². The van der Waals surface area contributed by atoms with Gasteiger partial charge in [-0.2, -0.15) is 0 Å². The summed E-state index contributed by atoms with van der Waals surface area (Å²) >= 11 is 5.64. The molecule has 0 aliphatic rings. The average molecular weight is 492 g/mol. The summed E-state index contributed by atoms with van der Waals surface area (Å²) in [6.45, 7) is 12.3. The summed E-state index contributed by atoms with van der Waals surface area (Å²) < 4.78 is 27.1. The predicted octanol–water partition coefficient (Wildman–Crippen LogP) is 0.495. The smallest absolute Gasteiger partial charge is 0.855 e. The Labute approximate surface area is 198 Å². The van der Waals surface area contributed by atoms with Crippen molar-refractivity contribution in [2.24, 2.45) is 0 Å². The molecule has 170 valence electrons. The van der Waals surface area contributed by atoms with Gasteiger partial charge in [-0.3, -0.25) is 0 Å². The van der Waals surface area contributed by atoms with Crippen molar-refractivity contribution in [2.45, 2.75) is 59.8 Å². The van der Waals surface area contributed by atoms with E-state index in [-0.39, 0.29) is 57.9 Å². The van der Waals surface area contributed by atoms with E-state index in [1.165, 1.54) is 12.1 Å². The van der Waals surface area contributed by atoms with Crippen molar-refractivity contribution in [2.75, 3.05) is 26.4 Å². The van der Waals surface area contributed by atoms with E-state index in [4.69, 9.17) is 32.0 Å². The van der Waals surface area contributed by atoms with Crippen LogP contribution in [0.3, 0.4) is 0 Å². The minimum Gasteiger partial charge on any atom is -0.855 e. The summed E-state index contributed by atoms with van der Waals surface area (Å²) in [5.74, 6) is -0.442. The zero-order valence-electron chi connectivity index (χ0n) is 18.5. The first-order valence-electron chi connectivity index (χ1n) is 8.88. The van der Waals surface area contributed by atoms with Crippen LogP contribution < -0.4 is 25.1 Å². The fourth-order valence-electron chi connectivity index (χ4n) is 1.01. The van der Waals surface area contributed by atoms with Gasteiger partial charge in [0.05, 0.1) is 20.8 Å². The Kier molecular flexibility index (Phi) is 38.3. The Bertz CT molecular complexity index is 472. The van der Waals surface area contributed by atoms with E-state index in [1.807, 2.05) is 20.8 Å². The number of halogens is 2. The minimum atomic E-state index is -1.14. The van der Waals surface area contributed by atoms with Crippen LogP contribution in [0.25, 0.3) is 0 Å². The van der Waals surface area contributed by atoms with Crippen molar-refractivity contribution in [3.63, 3.8) is 0 Å². The number of hydrogen-bond acceptors (Lipinski definition) is 5. The molecule has 1 rings (SSSR count). The molecule has 0 bridgehead atoms. The number of nitrogens with one attached hydrogen (secondary N) is 1. The monoisotopic (exact) mass is 491 g/mol. The minimum absolute atomic E-state index is 0. The second-order valence-electron chi connectivity index (χ2n) is 5.61. The van der Waals surface area contributed by atoms with Crippen molar-refractivity contribution >= 4 is 22.6 Å². The molecule has 0 aliphatic carbocycles. The van der Waals surface area contributed by atoms with Crippen molar-refractivity contribution < 1.29 is 50.7 Å². The van der Waals surface area contributed by atoms with Crippen LogP contribution in [-0.2, 0) is 39.2 Å². The third-order valence-electron chi connectivity index (χ3n) is 1.95. The second-order valence-corrected chi connectivity index (χ2v) is 8.06. The summed E-state index contributed by atoms with van der Waals surface area (Å²) in [6.07, 6.45) is 0. The van der Waals surface area contributed by atoms with Crippen LogP contribution in [-0.4, -0.2) is 35.4 Å². The van der Waals surface area contributed by atoms with E-state index < -0.39 is 16.8 Å². The maximum absolute atomic E-state index is 12.9. The van der Waals surface area contributed by atoms with E-state index in [9.17, 15) is 8.60 Å². The zero-order chi connectivity index (χ0) is 23.2. The predicted molar refractivity (Wildman–Crippen MR) is 108 cm³/mol. The maximum atomic E-state index is 12.9. The standard InChI is InChI=1S/C11H15ClFNOS.4C2H5O.Ti/c1-11(2,3)16(15)14-7-8-4-5-10(13)9(12)6-8;4*1-2-3;/h4-6,14H,7H2,1-3H3;4*2H2,1H3;/q;4*-1;+4. The van der Waals surface area contributed by atoms with E-state index in [0.29, 0.717) is 6.54 Å². The molecule has 0 saturated carbocycles. The molecule has 0 saturated heterocycles. The number of rotatable bonds is 3. The second kappa shape index (κ2) is 28.1. The van der Waals surface area contributed by atoms with Crippen molar-refractivity contribution in [1.29, 1.82) is 0 Å². The van der Waals surface area contributed by atoms with Gasteiger partial charge in [0, 0.05) is 6.54 Å². The van der Waals surface area contributed by atoms with E-state index in [1.54, 1.807) is 33.8 Å². The average Bonchev–Trinajstić information content (AvgIpc) is 2.58. The van der Waals surface area contributed by atoms with Crippen LogP contribution in [0.2, 0.25) is 5.02 Å². The molecule has 1 unspecified atom stereocenters. The fourth-order valence-corrected chi connectivity index (χ4v) is 1.95. The molecule has 0 aliphatic heterocycles. The summed E-state index contributed by atoms with van der Waals surface area (Å²) in [6, 6.07) is 4.46. The van der Waals surface area contributed by atoms with Gasteiger partial charge >= 0.3 is 21.7 Å². The Hall–Kier alpha value is 0.104. The fraction of sp³-hybridized carbons (Fsp3) is 0.684. The summed E-state index contributed by atoms with van der Waals surface area (Å²) in [5.41, 5.74) is 0.809. The van der Waals surface area contributed by atoms with Gasteiger partial charge in [-0.15, -0.1) is 26.4 Å². The molecule has 0 amide bonds. The van der Waals surface area contributed by atoms with E-state index in [0.717, 1.165) is 5.56 Å². The first kappa shape index (κ1) is 39.6. The van der Waals surface area contributed by atoms with Gasteiger partial charge in [-0.1, -0.05) is 45.4 Å². The molecule has 0 heterocycles. The summed E-state index contributed by atoms with van der Waals surface area (Å²) in [4.78, 5) is 0. The SMILES string of the molecule is CC(C)(C)S(=O)NCc1ccc(F)c(Cl)c1.CC[O-].CC[O-].CC[O-].CC[O-].[Ti+4]. The molecule has 29 heavy (non-hydrogen) atoms. The summed E-state index contributed by atoms with van der Waals surface area (Å²) in [5, 5.41) is 35.8. The van der Waals surface area contributed by atoms with Gasteiger partial charge in [-0.05, 0) is 38.5 Å². The van der Waals surface area contributed by atoms with Crippen LogP contribution in [0.1, 0.15) is 54.0 Å². The Morgan fingerprint density at radius 1 is 0.966 bits per heavy atom. The van der Waals surface area contributed by atoms with Gasteiger partial charge in [0.2, 0.25) is 0 Å². The third kappa shape index (κ3) is 33.0. The van der Waals surface area contributed by atoms with Crippen LogP contribution in [0.4, 0.5) is 4.39 Å². The molecule has 10 heteroatoms. The molecule has 6 nitrogen and oxygen atoms in total. The third-order valence-corrected chi connectivity index (χ3v) is 3.76. The molecular formula is C19H35ClFNO5STi. The van der Waals surface area contributed by atoms with Gasteiger partial charge < -0.3 is 20.4 Å². The van der Waals surface area contributed by atoms with E-state index in [2.05, 4.69) is 4.72 Å². The quantitative estimate of drug-likeness (QED) is 0.617. The number of benzene rings is 1. The van der Waals surface area contributed by atoms with Crippen molar-refractivity contribution in [3.05, 3.63) is 34.6 Å². The maximum Gasteiger partial charge on any atom is 4.00 e. The molecule has 0 aromatic heterocycles. The first-order chi connectivity index (χ1) is 13.0. The normalized spacial score (nSPS) is 10.1. The molecule has 0 spiro atoms. The molecule has 1 aromatic carbocycles. The van der Waals surface area contributed by atoms with Gasteiger partial charge in [0.1, 0.15) is 5.82 Å². The molecule has 0 radical (unpaired) electrons. The molecule has 0 fully saturated rings. The first-order valence-corrected chi connectivity index (χ1v) is 10.4. The summed E-state index contributed by atoms with van der Waals surface area (Å²) in [7, 11) is -1.14. The Balaban J connectivity index is -0.000000123. The van der Waals surface area contributed by atoms with Gasteiger partial charge in [-0.25, -0.2) is 13.3 Å². The topological polar surface area (TPSA) is 121 Å². The molecule has 1 N–H and O–H groups in total.